The molecular weight excluding hydrogens is 371 g/mol. The van der Waals surface area contributed by atoms with Gasteiger partial charge >= 0.3 is 6.09 Å². The zero-order chi connectivity index (χ0) is 14.1. The first-order valence-corrected chi connectivity index (χ1v) is 7.15. The van der Waals surface area contributed by atoms with E-state index in [4.69, 9.17) is 10.5 Å². The number of halogens is 1. The van der Waals surface area contributed by atoms with Crippen molar-refractivity contribution in [2.45, 2.75) is 45.6 Å². The van der Waals surface area contributed by atoms with Gasteiger partial charge in [-0.3, -0.25) is 4.99 Å². The Labute approximate surface area is 138 Å². The van der Waals surface area contributed by atoms with E-state index in [2.05, 4.69) is 17.2 Å². The van der Waals surface area contributed by atoms with Gasteiger partial charge in [-0.1, -0.05) is 13.3 Å². The van der Waals surface area contributed by atoms with Gasteiger partial charge in [0.1, 0.15) is 0 Å². The number of guanidine groups is 1. The topological polar surface area (TPSA) is 80.0 Å². The number of rotatable bonds is 5. The summed E-state index contributed by atoms with van der Waals surface area (Å²) in [7, 11) is 0. The molecule has 0 spiro atoms. The second kappa shape index (κ2) is 11.0. The Morgan fingerprint density at radius 1 is 1.40 bits per heavy atom. The Kier molecular flexibility index (Phi) is 10.6. The molecular formula is C13H27IN4O2. The van der Waals surface area contributed by atoms with Crippen molar-refractivity contribution >= 4 is 36.0 Å². The zero-order valence-electron chi connectivity index (χ0n) is 12.4. The molecule has 1 heterocycles. The van der Waals surface area contributed by atoms with Crippen LogP contribution in [0.1, 0.15) is 39.5 Å². The minimum atomic E-state index is -0.217. The molecule has 0 bridgehead atoms. The molecule has 6 nitrogen and oxygen atoms in total. The molecule has 1 amide bonds. The van der Waals surface area contributed by atoms with Crippen molar-refractivity contribution in [3.8, 4) is 0 Å². The number of carbonyl (C=O) groups is 1. The lowest BCUT2D eigenvalue weighted by Crippen LogP contribution is -2.48. The van der Waals surface area contributed by atoms with Crippen molar-refractivity contribution in [3.05, 3.63) is 0 Å². The standard InChI is InChI=1S/C13H26N4O2.HI/c1-3-5-8-15-12(14)16-11-6-9-17(10-7-11)13(18)19-4-2;/h11H,3-10H2,1-2H3,(H3,14,15,16);1H. The van der Waals surface area contributed by atoms with Crippen molar-refractivity contribution in [2.24, 2.45) is 10.7 Å². The molecule has 1 saturated heterocycles. The fraction of sp³-hybridized carbons (Fsp3) is 0.846. The molecule has 0 atom stereocenters. The smallest absolute Gasteiger partial charge is 0.409 e. The average molecular weight is 398 g/mol. The first kappa shape index (κ1) is 19.3. The van der Waals surface area contributed by atoms with E-state index >= 15 is 0 Å². The number of nitrogens with zero attached hydrogens (tertiary/aromatic N) is 2. The van der Waals surface area contributed by atoms with E-state index in [9.17, 15) is 4.79 Å². The monoisotopic (exact) mass is 398 g/mol. The first-order valence-electron chi connectivity index (χ1n) is 7.15. The first-order chi connectivity index (χ1) is 9.17. The zero-order valence-corrected chi connectivity index (χ0v) is 14.8. The number of piperidine rings is 1. The summed E-state index contributed by atoms with van der Waals surface area (Å²) >= 11 is 0. The molecule has 3 N–H and O–H groups in total. The normalized spacial score (nSPS) is 16.5. The second-order valence-electron chi connectivity index (χ2n) is 4.73. The van der Waals surface area contributed by atoms with E-state index in [1.165, 1.54) is 0 Å². The maximum atomic E-state index is 11.5. The summed E-state index contributed by atoms with van der Waals surface area (Å²) in [4.78, 5) is 17.5. The maximum Gasteiger partial charge on any atom is 0.409 e. The van der Waals surface area contributed by atoms with Gasteiger partial charge in [0.15, 0.2) is 5.96 Å². The van der Waals surface area contributed by atoms with Gasteiger partial charge in [0.05, 0.1) is 6.61 Å². The van der Waals surface area contributed by atoms with E-state index in [-0.39, 0.29) is 30.1 Å². The van der Waals surface area contributed by atoms with Gasteiger partial charge in [-0.25, -0.2) is 4.79 Å². The number of nitrogens with two attached hydrogens (primary N) is 1. The second-order valence-corrected chi connectivity index (χ2v) is 4.73. The largest absolute Gasteiger partial charge is 0.450 e. The van der Waals surface area contributed by atoms with Gasteiger partial charge in [0, 0.05) is 25.7 Å². The number of ether oxygens (including phenoxy) is 1. The number of hydrogen-bond acceptors (Lipinski definition) is 3. The van der Waals surface area contributed by atoms with Gasteiger partial charge in [-0.15, -0.1) is 24.0 Å². The Balaban J connectivity index is 0.00000361. The van der Waals surface area contributed by atoms with Crippen LogP contribution >= 0.6 is 24.0 Å². The van der Waals surface area contributed by atoms with Crippen LogP contribution in [-0.4, -0.2) is 49.2 Å². The summed E-state index contributed by atoms with van der Waals surface area (Å²) in [6.07, 6.45) is 3.72. The minimum Gasteiger partial charge on any atom is -0.450 e. The number of hydrogen-bond donors (Lipinski definition) is 2. The van der Waals surface area contributed by atoms with E-state index < -0.39 is 0 Å². The lowest BCUT2D eigenvalue weighted by atomic mass is 10.1. The Bertz CT molecular complexity index is 305. The van der Waals surface area contributed by atoms with Gasteiger partial charge in [-0.05, 0) is 26.2 Å². The van der Waals surface area contributed by atoms with Crippen molar-refractivity contribution in [3.63, 3.8) is 0 Å². The molecule has 1 fully saturated rings. The van der Waals surface area contributed by atoms with E-state index in [0.29, 0.717) is 31.7 Å². The molecule has 1 aliphatic rings. The molecule has 0 radical (unpaired) electrons. The number of unbranched alkanes of at least 4 members (excludes halogenated alkanes) is 1. The summed E-state index contributed by atoms with van der Waals surface area (Å²) < 4.78 is 4.98. The molecule has 0 aromatic rings. The van der Waals surface area contributed by atoms with Crippen LogP contribution in [0.5, 0.6) is 0 Å². The molecule has 0 aromatic heterocycles. The fourth-order valence-electron chi connectivity index (χ4n) is 2.03. The Morgan fingerprint density at radius 2 is 2.05 bits per heavy atom. The highest BCUT2D eigenvalue weighted by atomic mass is 127. The number of carbonyl (C=O) groups excluding carboxylic acids is 1. The SMILES string of the molecule is CCCCN=C(N)NC1CCN(C(=O)OCC)CC1.I. The number of aliphatic imine (C=N–C) groups is 1. The summed E-state index contributed by atoms with van der Waals surface area (Å²) in [5.41, 5.74) is 5.82. The highest BCUT2D eigenvalue weighted by molar-refractivity contribution is 14.0. The van der Waals surface area contributed by atoms with E-state index in [0.717, 1.165) is 32.2 Å². The lowest BCUT2D eigenvalue weighted by Gasteiger charge is -2.31. The van der Waals surface area contributed by atoms with Crippen LogP contribution in [0.15, 0.2) is 4.99 Å². The van der Waals surface area contributed by atoms with Crippen molar-refractivity contribution in [1.29, 1.82) is 0 Å². The summed E-state index contributed by atoms with van der Waals surface area (Å²) in [5.74, 6) is 0.517. The van der Waals surface area contributed by atoms with Crippen LogP contribution in [0, 0.1) is 0 Å². The molecule has 0 saturated carbocycles. The molecule has 0 aromatic carbocycles. The summed E-state index contributed by atoms with van der Waals surface area (Å²) in [5, 5.41) is 3.22. The highest BCUT2D eigenvalue weighted by Crippen LogP contribution is 2.11. The third-order valence-electron chi connectivity index (χ3n) is 3.17. The Morgan fingerprint density at radius 3 is 2.60 bits per heavy atom. The van der Waals surface area contributed by atoms with Crippen molar-refractivity contribution in [1.82, 2.24) is 10.2 Å². The minimum absolute atomic E-state index is 0. The average Bonchev–Trinajstić information content (AvgIpc) is 2.40. The molecule has 20 heavy (non-hydrogen) atoms. The third-order valence-corrected chi connectivity index (χ3v) is 3.17. The van der Waals surface area contributed by atoms with Gasteiger partial charge < -0.3 is 20.7 Å². The van der Waals surface area contributed by atoms with Gasteiger partial charge in [-0.2, -0.15) is 0 Å². The molecule has 0 unspecified atom stereocenters. The van der Waals surface area contributed by atoms with Crippen LogP contribution < -0.4 is 11.1 Å². The highest BCUT2D eigenvalue weighted by Gasteiger charge is 2.23. The van der Waals surface area contributed by atoms with E-state index in [1.807, 2.05) is 6.92 Å². The number of amides is 1. The predicted molar refractivity (Wildman–Crippen MR) is 91.6 cm³/mol. The molecule has 0 aliphatic carbocycles. The van der Waals surface area contributed by atoms with Gasteiger partial charge in [0.2, 0.25) is 0 Å². The maximum absolute atomic E-state index is 11.5. The van der Waals surface area contributed by atoms with Crippen molar-refractivity contribution < 1.29 is 9.53 Å². The molecule has 1 aliphatic heterocycles. The van der Waals surface area contributed by atoms with Crippen LogP contribution in [0.25, 0.3) is 0 Å². The summed E-state index contributed by atoms with van der Waals surface area (Å²) in [6.45, 7) is 6.56. The lowest BCUT2D eigenvalue weighted by molar-refractivity contribution is 0.0963. The Hall–Kier alpha value is -0.730. The summed E-state index contributed by atoms with van der Waals surface area (Å²) in [6, 6.07) is 0.302. The van der Waals surface area contributed by atoms with Crippen LogP contribution in [-0.2, 0) is 4.74 Å². The molecule has 118 valence electrons. The van der Waals surface area contributed by atoms with Gasteiger partial charge in [0.25, 0.3) is 0 Å². The van der Waals surface area contributed by atoms with Crippen LogP contribution in [0.3, 0.4) is 0 Å². The number of nitrogens with one attached hydrogen (secondary N) is 1. The third kappa shape index (κ3) is 7.16. The van der Waals surface area contributed by atoms with E-state index in [1.54, 1.807) is 4.90 Å². The van der Waals surface area contributed by atoms with Crippen molar-refractivity contribution in [2.75, 3.05) is 26.2 Å². The quantitative estimate of drug-likeness (QED) is 0.321. The predicted octanol–water partition coefficient (Wildman–Crippen LogP) is 1.93. The fourth-order valence-corrected chi connectivity index (χ4v) is 2.03. The molecule has 7 heteroatoms. The van der Waals surface area contributed by atoms with Crippen LogP contribution in [0.4, 0.5) is 4.79 Å². The van der Waals surface area contributed by atoms with Crippen LogP contribution in [0.2, 0.25) is 0 Å². The number of likely N-dealkylation sites (tertiary alicyclic amines) is 1. The molecule has 1 rings (SSSR count).